The van der Waals surface area contributed by atoms with Crippen LogP contribution in [0.25, 0.3) is 11.0 Å². The van der Waals surface area contributed by atoms with Gasteiger partial charge in [-0.3, -0.25) is 14.7 Å². The molecule has 1 fully saturated rings. The Labute approximate surface area is 233 Å². The van der Waals surface area contributed by atoms with Gasteiger partial charge in [-0.15, -0.1) is 0 Å². The molecule has 0 atom stereocenters. The van der Waals surface area contributed by atoms with Crippen LogP contribution < -0.4 is 20.7 Å². The summed E-state index contributed by atoms with van der Waals surface area (Å²) in [5, 5.41) is 8.74. The zero-order valence-corrected chi connectivity index (χ0v) is 22.3. The van der Waals surface area contributed by atoms with E-state index in [0.29, 0.717) is 29.5 Å². The van der Waals surface area contributed by atoms with Crippen LogP contribution in [-0.2, 0) is 13.2 Å². The number of aromatic nitrogens is 3. The van der Waals surface area contributed by atoms with E-state index in [1.807, 2.05) is 0 Å². The second-order valence-electron chi connectivity index (χ2n) is 9.29. The molecule has 2 aromatic carbocycles. The molecule has 3 N–H and O–H groups in total. The third kappa shape index (κ3) is 6.46. The maximum Gasteiger partial charge on any atom is 0.417 e. The molecule has 3 heterocycles. The number of ether oxygens (including phenoxy) is 1. The average molecular weight is 574 g/mol. The first-order chi connectivity index (χ1) is 19.2. The predicted molar refractivity (Wildman–Crippen MR) is 146 cm³/mol. The van der Waals surface area contributed by atoms with E-state index >= 15 is 0 Å². The SMILES string of the molecule is Cn1c(Nc2ccc(Cl)c(C(F)(F)F)c2)nc2cc(Oc3ccnc(C(=O)NCCN4CCNCC4)c3)ccc21. The van der Waals surface area contributed by atoms with Crippen LogP contribution in [-0.4, -0.2) is 64.6 Å². The molecular weight excluding hydrogens is 547 g/mol. The molecule has 40 heavy (non-hydrogen) atoms. The third-order valence-electron chi connectivity index (χ3n) is 6.50. The lowest BCUT2D eigenvalue weighted by Crippen LogP contribution is -2.46. The number of imidazole rings is 1. The van der Waals surface area contributed by atoms with E-state index in [4.69, 9.17) is 16.3 Å². The summed E-state index contributed by atoms with van der Waals surface area (Å²) in [6, 6.07) is 12.0. The molecule has 1 aliphatic heterocycles. The number of nitrogens with one attached hydrogen (secondary N) is 3. The van der Waals surface area contributed by atoms with Crippen molar-refractivity contribution in [2.75, 3.05) is 44.6 Å². The molecule has 0 spiro atoms. The van der Waals surface area contributed by atoms with Crippen molar-refractivity contribution in [2.24, 2.45) is 7.05 Å². The Balaban J connectivity index is 1.26. The number of hydrogen-bond acceptors (Lipinski definition) is 7. The Hall–Kier alpha value is -3.87. The van der Waals surface area contributed by atoms with Crippen molar-refractivity contribution in [1.29, 1.82) is 0 Å². The summed E-state index contributed by atoms with van der Waals surface area (Å²) in [5.41, 5.74) is 0.802. The molecule has 0 radical (unpaired) electrons. The summed E-state index contributed by atoms with van der Waals surface area (Å²) in [7, 11) is 1.74. The van der Waals surface area contributed by atoms with Crippen LogP contribution in [0.2, 0.25) is 5.02 Å². The maximum atomic E-state index is 13.3. The van der Waals surface area contributed by atoms with Gasteiger partial charge in [-0.1, -0.05) is 11.6 Å². The number of carbonyl (C=O) groups is 1. The van der Waals surface area contributed by atoms with Crippen LogP contribution in [0.3, 0.4) is 0 Å². The van der Waals surface area contributed by atoms with Gasteiger partial charge in [0.1, 0.15) is 17.2 Å². The fourth-order valence-electron chi connectivity index (χ4n) is 4.39. The molecule has 0 bridgehead atoms. The third-order valence-corrected chi connectivity index (χ3v) is 6.83. The van der Waals surface area contributed by atoms with Crippen LogP contribution in [0, 0.1) is 0 Å². The minimum absolute atomic E-state index is 0.196. The fraction of sp³-hybridized carbons (Fsp3) is 0.296. The van der Waals surface area contributed by atoms with Gasteiger partial charge in [0.25, 0.3) is 5.91 Å². The number of nitrogens with zero attached hydrogens (tertiary/aromatic N) is 4. The van der Waals surface area contributed by atoms with Crippen molar-refractivity contribution >= 4 is 40.2 Å². The molecule has 4 aromatic rings. The Morgan fingerprint density at radius 3 is 2.65 bits per heavy atom. The van der Waals surface area contributed by atoms with E-state index in [1.54, 1.807) is 41.9 Å². The minimum Gasteiger partial charge on any atom is -0.457 e. The number of fused-ring (bicyclic) bond motifs is 1. The van der Waals surface area contributed by atoms with Gasteiger partial charge in [-0.05, 0) is 36.4 Å². The molecule has 0 saturated carbocycles. The maximum absolute atomic E-state index is 13.3. The predicted octanol–water partition coefficient (Wildman–Crippen LogP) is 4.81. The highest BCUT2D eigenvalue weighted by Gasteiger charge is 2.33. The van der Waals surface area contributed by atoms with E-state index in [-0.39, 0.29) is 22.3 Å². The van der Waals surface area contributed by atoms with Crippen molar-refractivity contribution in [3.05, 3.63) is 71.0 Å². The van der Waals surface area contributed by atoms with Gasteiger partial charge >= 0.3 is 6.18 Å². The van der Waals surface area contributed by atoms with E-state index in [9.17, 15) is 18.0 Å². The van der Waals surface area contributed by atoms with E-state index < -0.39 is 11.7 Å². The lowest BCUT2D eigenvalue weighted by Gasteiger charge is -2.27. The Kier molecular flexibility index (Phi) is 8.10. The highest BCUT2D eigenvalue weighted by atomic mass is 35.5. The molecule has 2 aromatic heterocycles. The smallest absolute Gasteiger partial charge is 0.417 e. The number of anilines is 2. The number of halogens is 4. The second-order valence-corrected chi connectivity index (χ2v) is 9.70. The van der Waals surface area contributed by atoms with Crippen molar-refractivity contribution in [2.45, 2.75) is 6.18 Å². The number of carbonyl (C=O) groups excluding carboxylic acids is 1. The summed E-state index contributed by atoms with van der Waals surface area (Å²) in [5.74, 6) is 0.953. The van der Waals surface area contributed by atoms with Gasteiger partial charge in [-0.25, -0.2) is 4.98 Å². The lowest BCUT2D eigenvalue weighted by molar-refractivity contribution is -0.137. The Morgan fingerprint density at radius 1 is 1.10 bits per heavy atom. The van der Waals surface area contributed by atoms with Gasteiger partial charge in [0.2, 0.25) is 5.95 Å². The first-order valence-electron chi connectivity index (χ1n) is 12.6. The molecular formula is C27H27ClF3N7O2. The van der Waals surface area contributed by atoms with Crippen molar-refractivity contribution in [1.82, 2.24) is 30.1 Å². The number of hydrogen-bond donors (Lipinski definition) is 3. The number of amides is 1. The molecule has 13 heteroatoms. The number of alkyl halides is 3. The Morgan fingerprint density at radius 2 is 1.88 bits per heavy atom. The summed E-state index contributed by atoms with van der Waals surface area (Å²) >= 11 is 5.73. The Bertz CT molecular complexity index is 1520. The van der Waals surface area contributed by atoms with Gasteiger partial charge < -0.3 is 25.3 Å². The molecule has 5 rings (SSSR count). The normalized spacial score (nSPS) is 14.3. The molecule has 0 unspecified atom stereocenters. The van der Waals surface area contributed by atoms with Crippen molar-refractivity contribution in [3.8, 4) is 11.5 Å². The molecule has 1 amide bonds. The molecule has 9 nitrogen and oxygen atoms in total. The number of rotatable bonds is 8. The second kappa shape index (κ2) is 11.7. The number of pyridine rings is 1. The minimum atomic E-state index is -4.58. The van der Waals surface area contributed by atoms with E-state index in [2.05, 4.69) is 30.8 Å². The number of aryl methyl sites for hydroxylation is 1. The molecule has 1 saturated heterocycles. The van der Waals surface area contributed by atoms with Crippen LogP contribution in [0.4, 0.5) is 24.8 Å². The van der Waals surface area contributed by atoms with Crippen LogP contribution in [0.5, 0.6) is 11.5 Å². The van der Waals surface area contributed by atoms with Gasteiger partial charge in [0.05, 0.1) is 21.6 Å². The van der Waals surface area contributed by atoms with Crippen molar-refractivity contribution in [3.63, 3.8) is 0 Å². The fourth-order valence-corrected chi connectivity index (χ4v) is 4.62. The van der Waals surface area contributed by atoms with Gasteiger partial charge in [0, 0.05) is 70.3 Å². The number of piperazine rings is 1. The summed E-state index contributed by atoms with van der Waals surface area (Å²) in [6.07, 6.45) is -3.07. The molecule has 1 aliphatic rings. The van der Waals surface area contributed by atoms with Crippen LogP contribution >= 0.6 is 11.6 Å². The zero-order valence-electron chi connectivity index (χ0n) is 21.6. The lowest BCUT2D eigenvalue weighted by atomic mass is 10.2. The van der Waals surface area contributed by atoms with Gasteiger partial charge in [0.15, 0.2) is 0 Å². The van der Waals surface area contributed by atoms with E-state index in [1.165, 1.54) is 18.3 Å². The molecule has 0 aliphatic carbocycles. The standard InChI is InChI=1S/C27H27ClF3N7O2/c1-37-24-5-3-18(15-22(24)36-26(37)35-17-2-4-21(28)20(14-17)27(29,30)31)40-19-6-7-33-23(16-19)25(39)34-10-13-38-11-8-32-9-12-38/h2-7,14-16,32H,8-13H2,1H3,(H,34,39)(H,35,36). The monoisotopic (exact) mass is 573 g/mol. The summed E-state index contributed by atoms with van der Waals surface area (Å²) in [6.45, 7) is 5.09. The van der Waals surface area contributed by atoms with Crippen molar-refractivity contribution < 1.29 is 22.7 Å². The molecule has 210 valence electrons. The highest BCUT2D eigenvalue weighted by Crippen LogP contribution is 2.37. The zero-order chi connectivity index (χ0) is 28.3. The first kappa shape index (κ1) is 27.7. The topological polar surface area (TPSA) is 96.3 Å². The summed E-state index contributed by atoms with van der Waals surface area (Å²) < 4.78 is 47.5. The van der Waals surface area contributed by atoms with Gasteiger partial charge in [-0.2, -0.15) is 13.2 Å². The number of benzene rings is 2. The largest absolute Gasteiger partial charge is 0.457 e. The average Bonchev–Trinajstić information content (AvgIpc) is 3.23. The first-order valence-corrected chi connectivity index (χ1v) is 13.0. The van der Waals surface area contributed by atoms with Crippen LogP contribution in [0.1, 0.15) is 16.1 Å². The van der Waals surface area contributed by atoms with Crippen LogP contribution in [0.15, 0.2) is 54.7 Å². The van der Waals surface area contributed by atoms with E-state index in [0.717, 1.165) is 44.3 Å². The highest BCUT2D eigenvalue weighted by molar-refractivity contribution is 6.31. The quantitative estimate of drug-likeness (QED) is 0.278. The summed E-state index contributed by atoms with van der Waals surface area (Å²) in [4.78, 5) is 23.6.